The highest BCUT2D eigenvalue weighted by Gasteiger charge is 2.24. The summed E-state index contributed by atoms with van der Waals surface area (Å²) in [5, 5.41) is 3.25. The summed E-state index contributed by atoms with van der Waals surface area (Å²) < 4.78 is 5.66. The normalized spacial score (nSPS) is 20.4. The van der Waals surface area contributed by atoms with Gasteiger partial charge in [0.2, 0.25) is 0 Å². The molecule has 2 heterocycles. The third kappa shape index (κ3) is 2.78. The highest BCUT2D eigenvalue weighted by molar-refractivity contribution is 9.10. The number of nitrogens with zero attached hydrogens (tertiary/aromatic N) is 1. The first-order valence-corrected chi connectivity index (χ1v) is 5.73. The van der Waals surface area contributed by atoms with Crippen LogP contribution < -0.4 is 5.32 Å². The first-order valence-electron chi connectivity index (χ1n) is 4.94. The van der Waals surface area contributed by atoms with E-state index in [1.54, 1.807) is 6.07 Å². The molecule has 1 N–H and O–H groups in total. The molecule has 1 saturated heterocycles. The Morgan fingerprint density at radius 1 is 1.69 bits per heavy atom. The van der Waals surface area contributed by atoms with Crippen molar-refractivity contribution in [2.45, 2.75) is 13.0 Å². The minimum Gasteiger partial charge on any atom is -0.457 e. The van der Waals surface area contributed by atoms with Crippen molar-refractivity contribution in [3.05, 3.63) is 22.6 Å². The molecule has 1 aliphatic heterocycles. The van der Waals surface area contributed by atoms with Crippen LogP contribution in [0.1, 0.15) is 17.3 Å². The Labute approximate surface area is 109 Å². The number of rotatable bonds is 1. The first-order chi connectivity index (χ1) is 7.18. The van der Waals surface area contributed by atoms with Gasteiger partial charge in [-0.2, -0.15) is 0 Å². The summed E-state index contributed by atoms with van der Waals surface area (Å²) in [7, 11) is 0. The molecule has 0 spiro atoms. The van der Waals surface area contributed by atoms with Crippen molar-refractivity contribution in [1.82, 2.24) is 10.2 Å². The summed E-state index contributed by atoms with van der Waals surface area (Å²) >= 11 is 3.19. The van der Waals surface area contributed by atoms with Crippen LogP contribution in [0, 0.1) is 0 Å². The quantitative estimate of drug-likeness (QED) is 0.862. The summed E-state index contributed by atoms with van der Waals surface area (Å²) in [6.45, 7) is 4.50. The molecule has 2 rings (SSSR count). The number of furan rings is 1. The zero-order valence-electron chi connectivity index (χ0n) is 8.90. The predicted octanol–water partition coefficient (Wildman–Crippen LogP) is 1.90. The largest absolute Gasteiger partial charge is 0.457 e. The fourth-order valence-corrected chi connectivity index (χ4v) is 2.07. The molecule has 0 aromatic carbocycles. The van der Waals surface area contributed by atoms with Gasteiger partial charge in [-0.25, -0.2) is 0 Å². The Bertz CT molecular complexity index is 369. The second-order valence-corrected chi connectivity index (χ2v) is 4.47. The van der Waals surface area contributed by atoms with Crippen molar-refractivity contribution >= 4 is 34.2 Å². The second kappa shape index (κ2) is 5.70. The highest BCUT2D eigenvalue weighted by Crippen LogP contribution is 2.17. The van der Waals surface area contributed by atoms with Crippen molar-refractivity contribution in [3.63, 3.8) is 0 Å². The topological polar surface area (TPSA) is 45.5 Å². The maximum Gasteiger partial charge on any atom is 0.257 e. The molecule has 0 saturated carbocycles. The van der Waals surface area contributed by atoms with Crippen LogP contribution >= 0.6 is 28.3 Å². The number of amides is 1. The molecule has 0 aliphatic carbocycles. The lowest BCUT2D eigenvalue weighted by Gasteiger charge is -2.33. The molecular weight excluding hydrogens is 295 g/mol. The van der Waals surface area contributed by atoms with Gasteiger partial charge in [-0.3, -0.25) is 4.79 Å². The summed E-state index contributed by atoms with van der Waals surface area (Å²) in [4.78, 5) is 13.9. The number of halogens is 2. The van der Waals surface area contributed by atoms with E-state index in [4.69, 9.17) is 4.42 Å². The lowest BCUT2D eigenvalue weighted by atomic mass is 10.2. The average molecular weight is 310 g/mol. The fourth-order valence-electron chi connectivity index (χ4n) is 1.73. The Morgan fingerprint density at radius 3 is 3.00 bits per heavy atom. The smallest absolute Gasteiger partial charge is 0.257 e. The van der Waals surface area contributed by atoms with Crippen LogP contribution in [-0.2, 0) is 0 Å². The Morgan fingerprint density at radius 2 is 2.44 bits per heavy atom. The molecule has 1 aromatic rings. The van der Waals surface area contributed by atoms with Crippen molar-refractivity contribution < 1.29 is 9.21 Å². The van der Waals surface area contributed by atoms with E-state index in [0.29, 0.717) is 10.2 Å². The highest BCUT2D eigenvalue weighted by atomic mass is 79.9. The first kappa shape index (κ1) is 13.5. The van der Waals surface area contributed by atoms with Crippen molar-refractivity contribution in [2.24, 2.45) is 0 Å². The molecule has 1 atom stereocenters. The van der Waals surface area contributed by atoms with Crippen LogP contribution in [0.4, 0.5) is 0 Å². The molecule has 1 amide bonds. The van der Waals surface area contributed by atoms with Crippen LogP contribution in [0.15, 0.2) is 21.4 Å². The zero-order valence-corrected chi connectivity index (χ0v) is 11.3. The van der Waals surface area contributed by atoms with Gasteiger partial charge >= 0.3 is 0 Å². The second-order valence-electron chi connectivity index (χ2n) is 3.69. The van der Waals surface area contributed by atoms with E-state index in [1.807, 2.05) is 11.8 Å². The van der Waals surface area contributed by atoms with Gasteiger partial charge in [0.05, 0.1) is 5.56 Å². The van der Waals surface area contributed by atoms with Gasteiger partial charge in [0.15, 0.2) is 4.67 Å². The number of hydrogen-bond donors (Lipinski definition) is 1. The standard InChI is InChI=1S/C10H13BrN2O2.ClH/c1-7-5-12-2-3-13(7)10(14)8-4-9(11)15-6-8;/h4,6-7,12H,2-3,5H2,1H3;1H/t7-;/m0./s1. The van der Waals surface area contributed by atoms with Crippen LogP contribution in [0.25, 0.3) is 0 Å². The third-order valence-electron chi connectivity index (χ3n) is 2.58. The van der Waals surface area contributed by atoms with E-state index in [-0.39, 0.29) is 24.4 Å². The minimum atomic E-state index is 0. The molecule has 0 bridgehead atoms. The monoisotopic (exact) mass is 308 g/mol. The lowest BCUT2D eigenvalue weighted by Crippen LogP contribution is -2.52. The maximum absolute atomic E-state index is 12.0. The molecular formula is C10H14BrClN2O2. The van der Waals surface area contributed by atoms with E-state index in [2.05, 4.69) is 21.2 Å². The van der Waals surface area contributed by atoms with Crippen LogP contribution in [-0.4, -0.2) is 36.5 Å². The van der Waals surface area contributed by atoms with Gasteiger partial charge in [0.25, 0.3) is 5.91 Å². The van der Waals surface area contributed by atoms with E-state index >= 15 is 0 Å². The molecule has 90 valence electrons. The molecule has 1 aliphatic rings. The summed E-state index contributed by atoms with van der Waals surface area (Å²) in [6.07, 6.45) is 1.49. The van der Waals surface area contributed by atoms with Gasteiger partial charge in [-0.15, -0.1) is 12.4 Å². The molecule has 16 heavy (non-hydrogen) atoms. The van der Waals surface area contributed by atoms with Gasteiger partial charge in [0, 0.05) is 31.7 Å². The van der Waals surface area contributed by atoms with Crippen LogP contribution in [0.3, 0.4) is 0 Å². The lowest BCUT2D eigenvalue weighted by molar-refractivity contribution is 0.0655. The summed E-state index contributed by atoms with van der Waals surface area (Å²) in [5.41, 5.74) is 0.607. The SMILES string of the molecule is C[C@H]1CNCCN1C(=O)c1coc(Br)c1.Cl. The van der Waals surface area contributed by atoms with Crippen LogP contribution in [0.2, 0.25) is 0 Å². The zero-order chi connectivity index (χ0) is 10.8. The van der Waals surface area contributed by atoms with Crippen molar-refractivity contribution in [3.8, 4) is 0 Å². The number of nitrogens with one attached hydrogen (secondary N) is 1. The third-order valence-corrected chi connectivity index (χ3v) is 2.99. The molecule has 4 nitrogen and oxygen atoms in total. The van der Waals surface area contributed by atoms with Gasteiger partial charge in [-0.05, 0) is 22.9 Å². The Hall–Kier alpha value is -0.520. The molecule has 1 aromatic heterocycles. The number of carbonyl (C=O) groups is 1. The van der Waals surface area contributed by atoms with Crippen LogP contribution in [0.5, 0.6) is 0 Å². The average Bonchev–Trinajstić information content (AvgIpc) is 2.65. The van der Waals surface area contributed by atoms with Gasteiger partial charge in [0.1, 0.15) is 6.26 Å². The predicted molar refractivity (Wildman–Crippen MR) is 67.0 cm³/mol. The maximum atomic E-state index is 12.0. The van der Waals surface area contributed by atoms with Gasteiger partial charge < -0.3 is 14.6 Å². The summed E-state index contributed by atoms with van der Waals surface area (Å²) in [6, 6.07) is 1.94. The molecule has 0 radical (unpaired) electrons. The number of carbonyl (C=O) groups excluding carboxylic acids is 1. The molecule has 1 fully saturated rings. The van der Waals surface area contributed by atoms with E-state index in [0.717, 1.165) is 19.6 Å². The number of hydrogen-bond acceptors (Lipinski definition) is 3. The fraction of sp³-hybridized carbons (Fsp3) is 0.500. The number of piperazine rings is 1. The Balaban J connectivity index is 0.00000128. The van der Waals surface area contributed by atoms with E-state index in [9.17, 15) is 4.79 Å². The molecule has 6 heteroatoms. The van der Waals surface area contributed by atoms with Crippen molar-refractivity contribution in [2.75, 3.05) is 19.6 Å². The van der Waals surface area contributed by atoms with E-state index in [1.165, 1.54) is 6.26 Å². The Kier molecular flexibility index (Phi) is 4.83. The van der Waals surface area contributed by atoms with Crippen molar-refractivity contribution in [1.29, 1.82) is 0 Å². The summed E-state index contributed by atoms with van der Waals surface area (Å²) in [5.74, 6) is 0.0402. The molecule has 0 unspecified atom stereocenters. The van der Waals surface area contributed by atoms with Gasteiger partial charge in [-0.1, -0.05) is 0 Å². The van der Waals surface area contributed by atoms with E-state index < -0.39 is 0 Å². The minimum absolute atomic E-state index is 0.